The van der Waals surface area contributed by atoms with Crippen LogP contribution in [0.3, 0.4) is 0 Å². The van der Waals surface area contributed by atoms with E-state index in [2.05, 4.69) is 11.4 Å². The Morgan fingerprint density at radius 1 is 1.47 bits per heavy atom. The van der Waals surface area contributed by atoms with Gasteiger partial charge in [0.2, 0.25) is 0 Å². The Hall–Kier alpha value is -1.80. The Balaban J connectivity index is 1.97. The number of ketones is 1. The highest BCUT2D eigenvalue weighted by molar-refractivity contribution is 5.97. The smallest absolute Gasteiger partial charge is 0.263 e. The van der Waals surface area contributed by atoms with Gasteiger partial charge in [0.05, 0.1) is 19.0 Å². The fourth-order valence-electron chi connectivity index (χ4n) is 1.94. The van der Waals surface area contributed by atoms with Gasteiger partial charge in [0, 0.05) is 16.7 Å². The molecule has 5 heteroatoms. The Kier molecular flexibility index (Phi) is 3.91. The molecule has 0 aromatic heterocycles. The second-order valence-electron chi connectivity index (χ2n) is 4.82. The average molecular weight is 264 g/mol. The molecule has 1 aliphatic carbocycles. The summed E-state index contributed by atoms with van der Waals surface area (Å²) in [5.74, 6) is -0.230. The summed E-state index contributed by atoms with van der Waals surface area (Å²) in [6.07, 6.45) is -0.443. The largest absolute Gasteiger partial charge is 0.303 e. The highest BCUT2D eigenvalue weighted by Crippen LogP contribution is 2.38. The topological polar surface area (TPSA) is 52.9 Å². The monoisotopic (exact) mass is 264 g/mol. The van der Waals surface area contributed by atoms with E-state index in [1.165, 1.54) is 24.3 Å². The van der Waals surface area contributed by atoms with E-state index in [9.17, 15) is 13.6 Å². The zero-order chi connectivity index (χ0) is 13.9. The lowest BCUT2D eigenvalue weighted by Gasteiger charge is -2.13. The Bertz CT molecular complexity index is 518. The van der Waals surface area contributed by atoms with Crippen LogP contribution in [0, 0.1) is 11.3 Å². The van der Waals surface area contributed by atoms with Crippen LogP contribution < -0.4 is 5.32 Å². The molecule has 100 valence electrons. The third kappa shape index (κ3) is 3.36. The molecule has 0 heterocycles. The number of alkyl halides is 2. The molecule has 19 heavy (non-hydrogen) atoms. The van der Waals surface area contributed by atoms with Crippen molar-refractivity contribution in [1.82, 2.24) is 5.32 Å². The number of hydrogen-bond acceptors (Lipinski definition) is 3. The van der Waals surface area contributed by atoms with Crippen molar-refractivity contribution in [3.8, 4) is 6.07 Å². The Morgan fingerprint density at radius 2 is 2.21 bits per heavy atom. The van der Waals surface area contributed by atoms with Gasteiger partial charge in [-0.2, -0.15) is 5.26 Å². The first-order valence-electron chi connectivity index (χ1n) is 6.10. The molecule has 1 aromatic carbocycles. The number of nitrogens with one attached hydrogen (secondary N) is 1. The van der Waals surface area contributed by atoms with Gasteiger partial charge in [-0.25, -0.2) is 8.78 Å². The first kappa shape index (κ1) is 13.6. The maximum atomic E-state index is 12.5. The van der Waals surface area contributed by atoms with Gasteiger partial charge in [-0.3, -0.25) is 4.79 Å². The summed E-state index contributed by atoms with van der Waals surface area (Å²) in [5.41, 5.74) is -0.104. The van der Waals surface area contributed by atoms with E-state index in [-0.39, 0.29) is 29.0 Å². The summed E-state index contributed by atoms with van der Waals surface area (Å²) in [4.78, 5) is 11.9. The number of Topliss-reactive ketones (excluding diaryl/α,β-unsaturated/α-hetero) is 1. The van der Waals surface area contributed by atoms with Crippen LogP contribution in [0.1, 0.15) is 41.6 Å². The summed E-state index contributed by atoms with van der Waals surface area (Å²) >= 11 is 0. The van der Waals surface area contributed by atoms with E-state index in [1.807, 2.05) is 0 Å². The molecule has 1 fully saturated rings. The molecule has 0 saturated heterocycles. The van der Waals surface area contributed by atoms with Gasteiger partial charge in [0.25, 0.3) is 6.43 Å². The molecule has 0 bridgehead atoms. The summed E-state index contributed by atoms with van der Waals surface area (Å²) < 4.78 is 25.1. The van der Waals surface area contributed by atoms with Crippen LogP contribution in [-0.4, -0.2) is 17.9 Å². The van der Waals surface area contributed by atoms with Gasteiger partial charge in [-0.1, -0.05) is 18.2 Å². The number of nitriles is 1. The minimum Gasteiger partial charge on any atom is -0.303 e. The highest BCUT2D eigenvalue weighted by Gasteiger charge is 2.42. The van der Waals surface area contributed by atoms with Crippen molar-refractivity contribution in [2.45, 2.75) is 31.2 Å². The number of halogens is 2. The maximum Gasteiger partial charge on any atom is 0.263 e. The van der Waals surface area contributed by atoms with Gasteiger partial charge in [-0.05, 0) is 18.9 Å². The molecule has 0 amide bonds. The molecule has 1 aliphatic rings. The van der Waals surface area contributed by atoms with Gasteiger partial charge in [0.1, 0.15) is 0 Å². The van der Waals surface area contributed by atoms with Crippen LogP contribution in [0.4, 0.5) is 8.78 Å². The third-order valence-electron chi connectivity index (χ3n) is 3.36. The lowest BCUT2D eigenvalue weighted by Crippen LogP contribution is -2.35. The van der Waals surface area contributed by atoms with Crippen molar-refractivity contribution in [3.63, 3.8) is 0 Å². The van der Waals surface area contributed by atoms with Crippen molar-refractivity contribution in [2.75, 3.05) is 6.54 Å². The normalized spacial score (nSPS) is 16.1. The Morgan fingerprint density at radius 3 is 2.79 bits per heavy atom. The average Bonchev–Trinajstić information content (AvgIpc) is 3.17. The van der Waals surface area contributed by atoms with Crippen molar-refractivity contribution in [3.05, 3.63) is 35.4 Å². The number of hydrogen-bond donors (Lipinski definition) is 1. The predicted octanol–water partition coefficient (Wildman–Crippen LogP) is 2.84. The predicted molar refractivity (Wildman–Crippen MR) is 65.9 cm³/mol. The molecule has 1 N–H and O–H groups in total. The summed E-state index contributed by atoms with van der Waals surface area (Å²) in [6.45, 7) is 0.0777. The number of carbonyl (C=O) groups is 1. The number of nitrogens with zero attached hydrogens (tertiary/aromatic N) is 1. The lowest BCUT2D eigenvalue weighted by molar-refractivity contribution is 0.0985. The third-order valence-corrected chi connectivity index (χ3v) is 3.36. The van der Waals surface area contributed by atoms with Crippen LogP contribution in [0.5, 0.6) is 0 Å². The van der Waals surface area contributed by atoms with E-state index in [0.717, 1.165) is 12.8 Å². The van der Waals surface area contributed by atoms with Gasteiger partial charge >= 0.3 is 0 Å². The highest BCUT2D eigenvalue weighted by atomic mass is 19.3. The van der Waals surface area contributed by atoms with Crippen molar-refractivity contribution in [1.29, 1.82) is 5.26 Å². The van der Waals surface area contributed by atoms with Gasteiger partial charge in [0.15, 0.2) is 5.78 Å². The van der Waals surface area contributed by atoms with E-state index in [1.54, 1.807) is 0 Å². The maximum absolute atomic E-state index is 12.5. The molecule has 0 aliphatic heterocycles. The molecule has 0 spiro atoms. The van der Waals surface area contributed by atoms with Gasteiger partial charge < -0.3 is 5.32 Å². The van der Waals surface area contributed by atoms with Crippen molar-refractivity contribution < 1.29 is 13.6 Å². The van der Waals surface area contributed by atoms with Crippen molar-refractivity contribution in [2.24, 2.45) is 0 Å². The number of rotatable bonds is 6. The summed E-state index contributed by atoms with van der Waals surface area (Å²) in [6, 6.07) is 7.59. The number of benzene rings is 1. The molecule has 0 unspecified atom stereocenters. The Labute approximate surface area is 110 Å². The van der Waals surface area contributed by atoms with Gasteiger partial charge in [-0.15, -0.1) is 0 Å². The standard InChI is InChI=1S/C14H14F2N2O/c15-13(16)11-3-1-2-10(8-11)12(19)9-18-14(4-5-14)6-7-17/h1-3,8,13,18H,4-6,9H2. The van der Waals surface area contributed by atoms with E-state index in [0.29, 0.717) is 6.42 Å². The molecule has 2 rings (SSSR count). The zero-order valence-corrected chi connectivity index (χ0v) is 10.3. The van der Waals surface area contributed by atoms with E-state index >= 15 is 0 Å². The van der Waals surface area contributed by atoms with Crippen LogP contribution in [0.15, 0.2) is 24.3 Å². The molecular weight excluding hydrogens is 250 g/mol. The minimum absolute atomic E-state index is 0.0777. The molecule has 1 saturated carbocycles. The van der Waals surface area contributed by atoms with E-state index in [4.69, 9.17) is 5.26 Å². The first-order chi connectivity index (χ1) is 9.06. The van der Waals surface area contributed by atoms with Crippen LogP contribution >= 0.6 is 0 Å². The molecular formula is C14H14F2N2O. The van der Waals surface area contributed by atoms with Crippen LogP contribution in [-0.2, 0) is 0 Å². The quantitative estimate of drug-likeness (QED) is 0.804. The molecule has 0 radical (unpaired) electrons. The minimum atomic E-state index is -2.57. The van der Waals surface area contributed by atoms with Crippen LogP contribution in [0.25, 0.3) is 0 Å². The van der Waals surface area contributed by atoms with E-state index < -0.39 is 6.43 Å². The molecule has 1 aromatic rings. The summed E-state index contributed by atoms with van der Waals surface area (Å²) in [5, 5.41) is 11.7. The first-order valence-corrected chi connectivity index (χ1v) is 6.10. The zero-order valence-electron chi connectivity index (χ0n) is 10.3. The SMILES string of the molecule is N#CCC1(NCC(=O)c2cccc(C(F)F)c2)CC1. The molecule has 0 atom stereocenters. The van der Waals surface area contributed by atoms with Crippen LogP contribution in [0.2, 0.25) is 0 Å². The fraction of sp³-hybridized carbons (Fsp3) is 0.429. The fourth-order valence-corrected chi connectivity index (χ4v) is 1.94. The molecule has 3 nitrogen and oxygen atoms in total. The lowest BCUT2D eigenvalue weighted by atomic mass is 10.1. The second kappa shape index (κ2) is 5.45. The van der Waals surface area contributed by atoms with Crippen molar-refractivity contribution >= 4 is 5.78 Å². The number of carbonyl (C=O) groups excluding carboxylic acids is 1. The summed E-state index contributed by atoms with van der Waals surface area (Å²) in [7, 11) is 0. The second-order valence-corrected chi connectivity index (χ2v) is 4.82.